The second-order valence-corrected chi connectivity index (χ2v) is 3.91. The molecule has 1 aliphatic heterocycles. The summed E-state index contributed by atoms with van der Waals surface area (Å²) in [5, 5.41) is 2.68. The highest BCUT2D eigenvalue weighted by Gasteiger charge is 2.17. The summed E-state index contributed by atoms with van der Waals surface area (Å²) in [4.78, 5) is 22.1. The maximum Gasteiger partial charge on any atom is 0.248 e. The summed E-state index contributed by atoms with van der Waals surface area (Å²) in [5.41, 5.74) is 0.791. The van der Waals surface area contributed by atoms with Crippen LogP contribution in [0.3, 0.4) is 0 Å². The van der Waals surface area contributed by atoms with Gasteiger partial charge >= 0.3 is 0 Å². The van der Waals surface area contributed by atoms with Gasteiger partial charge in [0.1, 0.15) is 6.73 Å². The Bertz CT molecular complexity index is 433. The molecular formula is C12H16N4O2. The molecular weight excluding hydrogens is 232 g/mol. The summed E-state index contributed by atoms with van der Waals surface area (Å²) in [6.07, 6.45) is 6.03. The number of carbonyl (C=O) groups excluding carboxylic acids is 1. The van der Waals surface area contributed by atoms with Crippen LogP contribution in [-0.2, 0) is 9.53 Å². The first-order valence-corrected chi connectivity index (χ1v) is 5.79. The molecule has 96 valence electrons. The molecule has 0 spiro atoms. The van der Waals surface area contributed by atoms with E-state index in [4.69, 9.17) is 4.74 Å². The van der Waals surface area contributed by atoms with Crippen LogP contribution in [0.2, 0.25) is 0 Å². The Morgan fingerprint density at radius 2 is 2.28 bits per heavy atom. The van der Waals surface area contributed by atoms with Crippen LogP contribution in [0.4, 0.5) is 5.95 Å². The molecule has 1 N–H and O–H groups in total. The first-order chi connectivity index (χ1) is 8.81. The Morgan fingerprint density at radius 1 is 1.50 bits per heavy atom. The highest BCUT2D eigenvalue weighted by Crippen LogP contribution is 2.15. The molecule has 0 aliphatic carbocycles. The van der Waals surface area contributed by atoms with Crippen LogP contribution in [0.1, 0.15) is 6.42 Å². The van der Waals surface area contributed by atoms with Gasteiger partial charge in [0.25, 0.3) is 0 Å². The van der Waals surface area contributed by atoms with E-state index < -0.39 is 0 Å². The van der Waals surface area contributed by atoms with Crippen LogP contribution < -0.4 is 10.2 Å². The van der Waals surface area contributed by atoms with Gasteiger partial charge in [0, 0.05) is 38.2 Å². The summed E-state index contributed by atoms with van der Waals surface area (Å²) in [6.45, 7) is 1.64. The lowest BCUT2D eigenvalue weighted by atomic mass is 10.1. The molecule has 1 aromatic rings. The summed E-state index contributed by atoms with van der Waals surface area (Å²) in [5.74, 6) is 0.635. The lowest BCUT2D eigenvalue weighted by molar-refractivity contribution is -0.119. The van der Waals surface area contributed by atoms with Gasteiger partial charge in [-0.25, -0.2) is 9.97 Å². The molecule has 1 aliphatic rings. The molecule has 2 heterocycles. The lowest BCUT2D eigenvalue weighted by Crippen LogP contribution is -2.35. The number of hydrogen-bond donors (Lipinski definition) is 1. The van der Waals surface area contributed by atoms with Gasteiger partial charge in [-0.15, -0.1) is 0 Å². The smallest absolute Gasteiger partial charge is 0.248 e. The van der Waals surface area contributed by atoms with Crippen molar-refractivity contribution in [2.45, 2.75) is 6.42 Å². The number of nitrogens with zero attached hydrogens (tertiary/aromatic N) is 3. The second-order valence-electron chi connectivity index (χ2n) is 3.91. The van der Waals surface area contributed by atoms with Crippen LogP contribution in [-0.4, -0.2) is 42.8 Å². The highest BCUT2D eigenvalue weighted by atomic mass is 16.5. The first kappa shape index (κ1) is 12.5. The van der Waals surface area contributed by atoms with Crippen LogP contribution in [0.15, 0.2) is 30.1 Å². The maximum absolute atomic E-state index is 11.7. The number of nitrogens with one attached hydrogen (secondary N) is 1. The SMILES string of the molecule is COCNC(=O)C1=CCN(c2ncccn2)CC1. The van der Waals surface area contributed by atoms with Crippen molar-refractivity contribution in [2.75, 3.05) is 31.8 Å². The number of ether oxygens (including phenoxy) is 1. The van der Waals surface area contributed by atoms with E-state index >= 15 is 0 Å². The molecule has 0 saturated carbocycles. The zero-order valence-electron chi connectivity index (χ0n) is 10.3. The minimum atomic E-state index is -0.0644. The van der Waals surface area contributed by atoms with E-state index in [1.165, 1.54) is 0 Å². The van der Waals surface area contributed by atoms with Crippen LogP contribution in [0.5, 0.6) is 0 Å². The Hall–Kier alpha value is -1.95. The van der Waals surface area contributed by atoms with Gasteiger partial charge in [-0.1, -0.05) is 6.08 Å². The van der Waals surface area contributed by atoms with Crippen molar-refractivity contribution in [2.24, 2.45) is 0 Å². The third-order valence-corrected chi connectivity index (χ3v) is 2.71. The maximum atomic E-state index is 11.7. The van der Waals surface area contributed by atoms with E-state index in [9.17, 15) is 4.79 Å². The van der Waals surface area contributed by atoms with Gasteiger partial charge in [0.15, 0.2) is 0 Å². The summed E-state index contributed by atoms with van der Waals surface area (Å²) < 4.78 is 4.80. The molecule has 0 unspecified atom stereocenters. The van der Waals surface area contributed by atoms with Crippen molar-refractivity contribution in [3.63, 3.8) is 0 Å². The Kier molecular flexibility index (Phi) is 4.25. The Morgan fingerprint density at radius 3 is 2.89 bits per heavy atom. The number of rotatable bonds is 4. The summed E-state index contributed by atoms with van der Waals surface area (Å²) in [7, 11) is 1.55. The quantitative estimate of drug-likeness (QED) is 0.778. The number of aromatic nitrogens is 2. The van der Waals surface area contributed by atoms with E-state index in [-0.39, 0.29) is 12.6 Å². The second kappa shape index (κ2) is 6.11. The number of amides is 1. The Labute approximate surface area is 106 Å². The molecule has 0 radical (unpaired) electrons. The predicted molar refractivity (Wildman–Crippen MR) is 67.0 cm³/mol. The topological polar surface area (TPSA) is 67.3 Å². The summed E-state index contributed by atoms with van der Waals surface area (Å²) >= 11 is 0. The standard InChI is InChI=1S/C12H16N4O2/c1-18-9-15-11(17)10-3-7-16(8-4-10)12-13-5-2-6-14-12/h2-3,5-6H,4,7-9H2,1H3,(H,15,17). The van der Waals surface area contributed by atoms with Gasteiger partial charge in [-0.2, -0.15) is 0 Å². The van der Waals surface area contributed by atoms with Crippen molar-refractivity contribution in [3.8, 4) is 0 Å². The fraction of sp³-hybridized carbons (Fsp3) is 0.417. The van der Waals surface area contributed by atoms with E-state index in [1.807, 2.05) is 11.0 Å². The molecule has 0 aromatic carbocycles. The molecule has 6 heteroatoms. The van der Waals surface area contributed by atoms with E-state index in [0.717, 1.165) is 12.1 Å². The minimum Gasteiger partial charge on any atom is -0.364 e. The van der Waals surface area contributed by atoms with Crippen LogP contribution in [0.25, 0.3) is 0 Å². The Balaban J connectivity index is 1.94. The van der Waals surface area contributed by atoms with E-state index in [2.05, 4.69) is 15.3 Å². The van der Waals surface area contributed by atoms with Gasteiger partial charge in [0.2, 0.25) is 11.9 Å². The van der Waals surface area contributed by atoms with Crippen molar-refractivity contribution in [3.05, 3.63) is 30.1 Å². The van der Waals surface area contributed by atoms with Gasteiger partial charge in [-0.3, -0.25) is 4.79 Å². The molecule has 1 amide bonds. The van der Waals surface area contributed by atoms with Crippen LogP contribution in [0, 0.1) is 0 Å². The van der Waals surface area contributed by atoms with Gasteiger partial charge in [-0.05, 0) is 12.5 Å². The van der Waals surface area contributed by atoms with Gasteiger partial charge in [0.05, 0.1) is 0 Å². The third-order valence-electron chi connectivity index (χ3n) is 2.71. The molecule has 2 rings (SSSR count). The average molecular weight is 248 g/mol. The minimum absolute atomic E-state index is 0.0644. The third kappa shape index (κ3) is 3.04. The fourth-order valence-corrected chi connectivity index (χ4v) is 1.76. The molecule has 0 bridgehead atoms. The van der Waals surface area contributed by atoms with Crippen molar-refractivity contribution in [1.29, 1.82) is 0 Å². The number of anilines is 1. The van der Waals surface area contributed by atoms with Crippen LogP contribution >= 0.6 is 0 Å². The first-order valence-electron chi connectivity index (χ1n) is 5.79. The lowest BCUT2D eigenvalue weighted by Gasteiger charge is -2.25. The van der Waals surface area contributed by atoms with Gasteiger partial charge < -0.3 is 15.0 Å². The molecule has 0 atom stereocenters. The molecule has 1 aromatic heterocycles. The highest BCUT2D eigenvalue weighted by molar-refractivity contribution is 5.93. The fourth-order valence-electron chi connectivity index (χ4n) is 1.76. The van der Waals surface area contributed by atoms with Crippen molar-refractivity contribution < 1.29 is 9.53 Å². The van der Waals surface area contributed by atoms with Crippen molar-refractivity contribution >= 4 is 11.9 Å². The monoisotopic (exact) mass is 248 g/mol. The zero-order valence-corrected chi connectivity index (χ0v) is 10.3. The van der Waals surface area contributed by atoms with E-state index in [1.54, 1.807) is 25.6 Å². The zero-order chi connectivity index (χ0) is 12.8. The molecule has 0 fully saturated rings. The number of carbonyl (C=O) groups is 1. The van der Waals surface area contributed by atoms with E-state index in [0.29, 0.717) is 18.9 Å². The number of methoxy groups -OCH3 is 1. The largest absolute Gasteiger partial charge is 0.364 e. The molecule has 0 saturated heterocycles. The average Bonchev–Trinajstić information content (AvgIpc) is 2.46. The normalized spacial score (nSPS) is 15.2. The molecule has 6 nitrogen and oxygen atoms in total. The number of hydrogen-bond acceptors (Lipinski definition) is 5. The van der Waals surface area contributed by atoms with Crippen molar-refractivity contribution in [1.82, 2.24) is 15.3 Å². The summed E-state index contributed by atoms with van der Waals surface area (Å²) in [6, 6.07) is 1.78. The predicted octanol–water partition coefficient (Wildman–Crippen LogP) is 0.333. The molecule has 18 heavy (non-hydrogen) atoms.